The number of nitrogens with one attached hydrogen (secondary N) is 1. The molecule has 1 N–H and O–H groups in total. The van der Waals surface area contributed by atoms with Crippen LogP contribution in [0.3, 0.4) is 0 Å². The molecular weight excluding hydrogens is 164 g/mol. The Labute approximate surface area is 78.5 Å². The van der Waals surface area contributed by atoms with Crippen LogP contribution in [0.1, 0.15) is 39.0 Å². The number of rotatable bonds is 2. The highest BCUT2D eigenvalue weighted by atomic mass is 16.2. The molecule has 1 atom stereocenters. The predicted octanol–water partition coefficient (Wildman–Crippen LogP) is 0.849. The van der Waals surface area contributed by atoms with Gasteiger partial charge in [0, 0.05) is 6.04 Å². The Morgan fingerprint density at radius 3 is 2.69 bits per heavy atom. The molecule has 2 saturated carbocycles. The monoisotopic (exact) mass is 180 g/mol. The van der Waals surface area contributed by atoms with Gasteiger partial charge >= 0.3 is 0 Å². The first-order chi connectivity index (χ1) is 6.27. The van der Waals surface area contributed by atoms with Crippen molar-refractivity contribution in [3.63, 3.8) is 0 Å². The standard InChI is InChI=1S/C10H16N2O/c1-2-8-11-10(5-6-10)9(13)12(8)7-3-4-7/h7-8,11H,2-6H2,1H3. The average molecular weight is 180 g/mol. The van der Waals surface area contributed by atoms with Gasteiger partial charge in [-0.15, -0.1) is 0 Å². The Morgan fingerprint density at radius 2 is 2.23 bits per heavy atom. The van der Waals surface area contributed by atoms with Crippen molar-refractivity contribution in [1.82, 2.24) is 10.2 Å². The maximum Gasteiger partial charge on any atom is 0.244 e. The van der Waals surface area contributed by atoms with Crippen LogP contribution in [0.15, 0.2) is 0 Å². The van der Waals surface area contributed by atoms with Crippen molar-refractivity contribution >= 4 is 5.91 Å². The normalized spacial score (nSPS) is 35.9. The minimum Gasteiger partial charge on any atom is -0.323 e. The topological polar surface area (TPSA) is 32.3 Å². The molecule has 0 aromatic carbocycles. The fourth-order valence-electron chi connectivity index (χ4n) is 2.39. The van der Waals surface area contributed by atoms with E-state index in [4.69, 9.17) is 0 Å². The van der Waals surface area contributed by atoms with Gasteiger partial charge in [-0.1, -0.05) is 6.92 Å². The summed E-state index contributed by atoms with van der Waals surface area (Å²) in [5.41, 5.74) is -0.0940. The molecule has 3 heteroatoms. The van der Waals surface area contributed by atoms with Crippen molar-refractivity contribution in [2.75, 3.05) is 0 Å². The molecule has 2 aliphatic carbocycles. The van der Waals surface area contributed by atoms with Crippen LogP contribution in [0.4, 0.5) is 0 Å². The van der Waals surface area contributed by atoms with Crippen molar-refractivity contribution in [3.05, 3.63) is 0 Å². The molecule has 3 fully saturated rings. The van der Waals surface area contributed by atoms with Crippen LogP contribution in [0.25, 0.3) is 0 Å². The van der Waals surface area contributed by atoms with E-state index in [1.54, 1.807) is 0 Å². The van der Waals surface area contributed by atoms with E-state index in [0.717, 1.165) is 19.3 Å². The second-order valence-electron chi connectivity index (χ2n) is 4.59. The van der Waals surface area contributed by atoms with E-state index >= 15 is 0 Å². The van der Waals surface area contributed by atoms with E-state index < -0.39 is 0 Å². The first kappa shape index (κ1) is 7.80. The van der Waals surface area contributed by atoms with E-state index in [0.29, 0.717) is 18.1 Å². The lowest BCUT2D eigenvalue weighted by molar-refractivity contribution is -0.131. The SMILES string of the molecule is CCC1NC2(CC2)C(=O)N1C1CC1. The lowest BCUT2D eigenvalue weighted by Gasteiger charge is -2.22. The Hall–Kier alpha value is -0.570. The van der Waals surface area contributed by atoms with E-state index in [1.165, 1.54) is 12.8 Å². The molecule has 0 aromatic heterocycles. The molecule has 0 radical (unpaired) electrons. The average Bonchev–Trinajstić information content (AvgIpc) is 2.95. The summed E-state index contributed by atoms with van der Waals surface area (Å²) < 4.78 is 0. The van der Waals surface area contributed by atoms with Crippen molar-refractivity contribution in [1.29, 1.82) is 0 Å². The first-order valence-electron chi connectivity index (χ1n) is 5.37. The molecule has 0 bridgehead atoms. The number of hydrogen-bond acceptors (Lipinski definition) is 2. The summed E-state index contributed by atoms with van der Waals surface area (Å²) in [6, 6.07) is 0.574. The van der Waals surface area contributed by atoms with E-state index in [2.05, 4.69) is 17.1 Å². The van der Waals surface area contributed by atoms with Gasteiger partial charge in [0.1, 0.15) is 0 Å². The van der Waals surface area contributed by atoms with Gasteiger partial charge in [-0.3, -0.25) is 10.1 Å². The van der Waals surface area contributed by atoms with Crippen LogP contribution in [0, 0.1) is 0 Å². The zero-order valence-electron chi connectivity index (χ0n) is 8.05. The minimum atomic E-state index is -0.0940. The van der Waals surface area contributed by atoms with Gasteiger partial charge in [-0.05, 0) is 32.1 Å². The Balaban J connectivity index is 1.86. The third-order valence-corrected chi connectivity index (χ3v) is 3.50. The molecule has 0 aromatic rings. The molecule has 13 heavy (non-hydrogen) atoms. The van der Waals surface area contributed by atoms with Gasteiger partial charge in [0.2, 0.25) is 5.91 Å². The quantitative estimate of drug-likeness (QED) is 0.683. The van der Waals surface area contributed by atoms with Crippen molar-refractivity contribution < 1.29 is 4.79 Å². The summed E-state index contributed by atoms with van der Waals surface area (Å²) in [6.07, 6.45) is 5.95. The number of nitrogens with zero attached hydrogens (tertiary/aromatic N) is 1. The number of carbonyl (C=O) groups is 1. The second kappa shape index (κ2) is 2.27. The Bertz CT molecular complexity index is 256. The summed E-state index contributed by atoms with van der Waals surface area (Å²) >= 11 is 0. The van der Waals surface area contributed by atoms with Gasteiger partial charge < -0.3 is 4.90 Å². The highest BCUT2D eigenvalue weighted by Crippen LogP contribution is 2.46. The minimum absolute atomic E-state index is 0.0940. The molecule has 3 aliphatic rings. The number of amides is 1. The van der Waals surface area contributed by atoms with E-state index in [1.807, 2.05) is 0 Å². The van der Waals surface area contributed by atoms with Crippen LogP contribution in [0.5, 0.6) is 0 Å². The fourth-order valence-corrected chi connectivity index (χ4v) is 2.39. The van der Waals surface area contributed by atoms with Crippen molar-refractivity contribution in [2.24, 2.45) is 0 Å². The number of hydrogen-bond donors (Lipinski definition) is 1. The first-order valence-corrected chi connectivity index (χ1v) is 5.37. The third-order valence-electron chi connectivity index (χ3n) is 3.50. The lowest BCUT2D eigenvalue weighted by atomic mass is 10.3. The summed E-state index contributed by atoms with van der Waals surface area (Å²) in [4.78, 5) is 14.1. The van der Waals surface area contributed by atoms with Crippen LogP contribution >= 0.6 is 0 Å². The van der Waals surface area contributed by atoms with Crippen LogP contribution in [0.2, 0.25) is 0 Å². The molecular formula is C10H16N2O. The predicted molar refractivity (Wildman–Crippen MR) is 49.0 cm³/mol. The summed E-state index contributed by atoms with van der Waals surface area (Å²) in [5, 5.41) is 3.49. The van der Waals surface area contributed by atoms with Crippen LogP contribution in [-0.4, -0.2) is 28.6 Å². The smallest absolute Gasteiger partial charge is 0.244 e. The molecule has 1 saturated heterocycles. The maximum absolute atomic E-state index is 12.0. The van der Waals surface area contributed by atoms with Gasteiger partial charge in [0.25, 0.3) is 0 Å². The summed E-state index contributed by atoms with van der Waals surface area (Å²) in [7, 11) is 0. The van der Waals surface area contributed by atoms with Crippen LogP contribution < -0.4 is 5.32 Å². The van der Waals surface area contributed by atoms with Crippen molar-refractivity contribution in [2.45, 2.75) is 56.8 Å². The highest BCUT2D eigenvalue weighted by molar-refractivity contribution is 5.92. The Morgan fingerprint density at radius 1 is 1.54 bits per heavy atom. The molecule has 3 nitrogen and oxygen atoms in total. The number of carbonyl (C=O) groups excluding carboxylic acids is 1. The molecule has 1 amide bonds. The third kappa shape index (κ3) is 0.966. The molecule has 1 spiro atoms. The highest BCUT2D eigenvalue weighted by Gasteiger charge is 2.60. The zero-order valence-corrected chi connectivity index (χ0v) is 8.05. The van der Waals surface area contributed by atoms with Gasteiger partial charge in [-0.25, -0.2) is 0 Å². The van der Waals surface area contributed by atoms with Crippen molar-refractivity contribution in [3.8, 4) is 0 Å². The summed E-state index contributed by atoms with van der Waals surface area (Å²) in [6.45, 7) is 2.15. The van der Waals surface area contributed by atoms with Gasteiger partial charge in [0.05, 0.1) is 11.7 Å². The van der Waals surface area contributed by atoms with Crippen LogP contribution in [-0.2, 0) is 4.79 Å². The van der Waals surface area contributed by atoms with E-state index in [-0.39, 0.29) is 5.54 Å². The molecule has 1 aliphatic heterocycles. The van der Waals surface area contributed by atoms with Gasteiger partial charge in [-0.2, -0.15) is 0 Å². The lowest BCUT2D eigenvalue weighted by Crippen LogP contribution is -2.38. The molecule has 72 valence electrons. The fraction of sp³-hybridized carbons (Fsp3) is 0.900. The largest absolute Gasteiger partial charge is 0.323 e. The Kier molecular flexibility index (Phi) is 1.36. The molecule has 1 unspecified atom stereocenters. The maximum atomic E-state index is 12.0. The summed E-state index contributed by atoms with van der Waals surface area (Å²) in [5.74, 6) is 0.391. The molecule has 1 heterocycles. The molecule has 3 rings (SSSR count). The zero-order chi connectivity index (χ0) is 9.05. The van der Waals surface area contributed by atoms with E-state index in [9.17, 15) is 4.79 Å². The second-order valence-corrected chi connectivity index (χ2v) is 4.59. The van der Waals surface area contributed by atoms with Gasteiger partial charge in [0.15, 0.2) is 0 Å².